The minimum Gasteiger partial charge on any atom is -0.448 e. The van der Waals surface area contributed by atoms with Gasteiger partial charge in [-0.3, -0.25) is 14.9 Å². The van der Waals surface area contributed by atoms with Crippen LogP contribution in [0.5, 0.6) is 0 Å². The van der Waals surface area contributed by atoms with Crippen LogP contribution in [0, 0.1) is 10.1 Å². The molecule has 0 aliphatic carbocycles. The number of nitro benzene ring substituents is 1. The van der Waals surface area contributed by atoms with E-state index in [9.17, 15) is 24.5 Å². The molecule has 1 aliphatic rings. The number of ether oxygens (including phenoxy) is 2. The molecule has 2 amide bonds. The molecule has 0 fully saturated rings. The highest BCUT2D eigenvalue weighted by Crippen LogP contribution is 2.29. The van der Waals surface area contributed by atoms with E-state index in [0.717, 1.165) is 4.68 Å². The van der Waals surface area contributed by atoms with Gasteiger partial charge in [-0.1, -0.05) is 12.1 Å². The minimum atomic E-state index is -0.770. The molecule has 0 atom stereocenters. The first-order valence-corrected chi connectivity index (χ1v) is 10.3. The Kier molecular flexibility index (Phi) is 6.65. The number of hydrogen-bond acceptors (Lipinski definition) is 8. The zero-order valence-electron chi connectivity index (χ0n) is 18.8. The third-order valence-electron chi connectivity index (χ3n) is 4.73. The zero-order valence-corrected chi connectivity index (χ0v) is 18.8. The third kappa shape index (κ3) is 5.27. The zero-order chi connectivity index (χ0) is 24.3. The molecular weight excluding hydrogens is 434 g/mol. The lowest BCUT2D eigenvalue weighted by Gasteiger charge is -2.30. The van der Waals surface area contributed by atoms with Crippen LogP contribution < -0.4 is 5.32 Å². The molecule has 3 rings (SSSR count). The van der Waals surface area contributed by atoms with Crippen molar-refractivity contribution in [2.24, 2.45) is 0 Å². The predicted octanol–water partition coefficient (Wildman–Crippen LogP) is 3.34. The lowest BCUT2D eigenvalue weighted by molar-refractivity contribution is -0.385. The topological polar surface area (TPSA) is 146 Å². The van der Waals surface area contributed by atoms with Crippen LogP contribution in [0.15, 0.2) is 24.3 Å². The monoisotopic (exact) mass is 459 g/mol. The molecule has 1 aliphatic heterocycles. The number of rotatable bonds is 4. The molecule has 0 saturated carbocycles. The van der Waals surface area contributed by atoms with Crippen LogP contribution in [-0.2, 0) is 22.4 Å². The first kappa shape index (κ1) is 23.7. The molecule has 2 heterocycles. The number of carbonyl (C=O) groups is 3. The summed E-state index contributed by atoms with van der Waals surface area (Å²) in [7, 11) is 0. The Morgan fingerprint density at radius 2 is 1.91 bits per heavy atom. The first-order chi connectivity index (χ1) is 15.5. The van der Waals surface area contributed by atoms with Gasteiger partial charge in [0.25, 0.3) is 11.6 Å². The van der Waals surface area contributed by atoms with Crippen LogP contribution in [-0.4, -0.2) is 56.5 Å². The van der Waals surface area contributed by atoms with E-state index in [1.165, 1.54) is 29.2 Å². The largest absolute Gasteiger partial charge is 0.448 e. The number of nitrogens with one attached hydrogen (secondary N) is 1. The average molecular weight is 459 g/mol. The normalized spacial score (nSPS) is 13.2. The van der Waals surface area contributed by atoms with Crippen LogP contribution in [0.1, 0.15) is 49.3 Å². The summed E-state index contributed by atoms with van der Waals surface area (Å²) < 4.78 is 11.5. The molecule has 0 saturated heterocycles. The summed E-state index contributed by atoms with van der Waals surface area (Å²) in [6.07, 6.45) is -1.01. The predicted molar refractivity (Wildman–Crippen MR) is 116 cm³/mol. The maximum atomic E-state index is 12.8. The molecule has 33 heavy (non-hydrogen) atoms. The molecule has 1 aromatic carbocycles. The van der Waals surface area contributed by atoms with Crippen molar-refractivity contribution in [2.75, 3.05) is 18.5 Å². The highest BCUT2D eigenvalue weighted by Gasteiger charge is 2.33. The number of nitro groups is 1. The van der Waals surface area contributed by atoms with E-state index in [0.29, 0.717) is 11.3 Å². The van der Waals surface area contributed by atoms with Crippen LogP contribution >= 0.6 is 0 Å². The summed E-state index contributed by atoms with van der Waals surface area (Å²) in [5.74, 6) is -0.762. The van der Waals surface area contributed by atoms with Gasteiger partial charge in [0.2, 0.25) is 0 Å². The summed E-state index contributed by atoms with van der Waals surface area (Å²) in [4.78, 5) is 49.9. The molecule has 1 aromatic heterocycles. The summed E-state index contributed by atoms with van der Waals surface area (Å²) in [5.41, 5.74) is -0.334. The number of amides is 2. The van der Waals surface area contributed by atoms with Crippen LogP contribution in [0.2, 0.25) is 0 Å². The van der Waals surface area contributed by atoms with Crippen LogP contribution in [0.3, 0.4) is 0 Å². The van der Waals surface area contributed by atoms with Crippen molar-refractivity contribution in [3.8, 4) is 0 Å². The second-order valence-corrected chi connectivity index (χ2v) is 8.26. The lowest BCUT2D eigenvalue weighted by atomic mass is 10.1. The fourth-order valence-electron chi connectivity index (χ4n) is 3.34. The maximum Gasteiger partial charge on any atom is 0.434 e. The van der Waals surface area contributed by atoms with Gasteiger partial charge in [0, 0.05) is 24.6 Å². The summed E-state index contributed by atoms with van der Waals surface area (Å²) in [6, 6.07) is 5.48. The smallest absolute Gasteiger partial charge is 0.434 e. The Hall–Kier alpha value is -3.96. The Morgan fingerprint density at radius 3 is 2.55 bits per heavy atom. The van der Waals surface area contributed by atoms with Crippen molar-refractivity contribution in [2.45, 2.75) is 46.3 Å². The Labute approximate surface area is 189 Å². The quantitative estimate of drug-likeness (QED) is 0.541. The summed E-state index contributed by atoms with van der Waals surface area (Å²) in [6.45, 7) is 7.30. The molecule has 12 nitrogen and oxygen atoms in total. The SMILES string of the molecule is CCOC(=O)n1nc(NC(=O)c2ccccc2[N+](=O)[O-])c2c1CCN(C(=O)OC(C)(C)C)C2. The fraction of sp³-hybridized carbons (Fsp3) is 0.429. The van der Waals surface area contributed by atoms with Crippen LogP contribution in [0.25, 0.3) is 0 Å². The molecule has 0 bridgehead atoms. The maximum absolute atomic E-state index is 12.8. The van der Waals surface area contributed by atoms with E-state index in [4.69, 9.17) is 9.47 Å². The Bertz CT molecular complexity index is 1100. The lowest BCUT2D eigenvalue weighted by Crippen LogP contribution is -2.40. The van der Waals surface area contributed by atoms with E-state index >= 15 is 0 Å². The van der Waals surface area contributed by atoms with E-state index in [-0.39, 0.29) is 43.2 Å². The Balaban J connectivity index is 1.95. The molecule has 0 radical (unpaired) electrons. The molecule has 0 spiro atoms. The minimum absolute atomic E-state index is 0.00876. The number of aromatic nitrogens is 2. The van der Waals surface area contributed by atoms with Crippen molar-refractivity contribution >= 4 is 29.6 Å². The van der Waals surface area contributed by atoms with Crippen molar-refractivity contribution in [1.82, 2.24) is 14.7 Å². The van der Waals surface area contributed by atoms with Crippen LogP contribution in [0.4, 0.5) is 21.1 Å². The van der Waals surface area contributed by atoms with Crippen molar-refractivity contribution in [1.29, 1.82) is 0 Å². The van der Waals surface area contributed by atoms with Gasteiger partial charge in [-0.15, -0.1) is 5.10 Å². The highest BCUT2D eigenvalue weighted by atomic mass is 16.6. The van der Waals surface area contributed by atoms with E-state index in [1.54, 1.807) is 27.7 Å². The van der Waals surface area contributed by atoms with Gasteiger partial charge in [0.1, 0.15) is 11.2 Å². The van der Waals surface area contributed by atoms with E-state index < -0.39 is 28.6 Å². The third-order valence-corrected chi connectivity index (χ3v) is 4.73. The second-order valence-electron chi connectivity index (χ2n) is 8.26. The van der Waals surface area contributed by atoms with Crippen molar-refractivity contribution in [3.05, 3.63) is 51.2 Å². The van der Waals surface area contributed by atoms with Gasteiger partial charge in [-0.2, -0.15) is 4.68 Å². The molecule has 1 N–H and O–H groups in total. The second kappa shape index (κ2) is 9.27. The summed E-state index contributed by atoms with van der Waals surface area (Å²) >= 11 is 0. The van der Waals surface area contributed by atoms with Gasteiger partial charge >= 0.3 is 12.2 Å². The Morgan fingerprint density at radius 1 is 1.21 bits per heavy atom. The van der Waals surface area contributed by atoms with E-state index in [2.05, 4.69) is 10.4 Å². The number of para-hydroxylation sites is 1. The van der Waals surface area contributed by atoms with Gasteiger partial charge < -0.3 is 19.7 Å². The molecule has 12 heteroatoms. The molecule has 2 aromatic rings. The van der Waals surface area contributed by atoms with E-state index in [1.807, 2.05) is 0 Å². The number of fused-ring (bicyclic) bond motifs is 1. The fourth-order valence-corrected chi connectivity index (χ4v) is 3.34. The first-order valence-electron chi connectivity index (χ1n) is 10.3. The molecular formula is C21H25N5O7. The number of hydrogen-bond donors (Lipinski definition) is 1. The average Bonchev–Trinajstić information content (AvgIpc) is 3.10. The van der Waals surface area contributed by atoms with Gasteiger partial charge in [0.15, 0.2) is 5.82 Å². The number of benzene rings is 1. The number of anilines is 1. The highest BCUT2D eigenvalue weighted by molar-refractivity contribution is 6.07. The molecule has 176 valence electrons. The van der Waals surface area contributed by atoms with Gasteiger partial charge in [-0.25, -0.2) is 9.59 Å². The van der Waals surface area contributed by atoms with Crippen molar-refractivity contribution in [3.63, 3.8) is 0 Å². The number of carbonyl (C=O) groups excluding carboxylic acids is 3. The standard InChI is InChI=1S/C21H25N5O7/c1-5-32-20(29)25-15-10-11-24(19(28)33-21(2,3)4)12-14(15)17(23-25)22-18(27)13-8-6-7-9-16(13)26(30)31/h6-9H,5,10-12H2,1-4H3,(H,22,23,27). The molecule has 0 unspecified atom stereocenters. The summed E-state index contributed by atoms with van der Waals surface area (Å²) in [5, 5.41) is 18.0. The van der Waals surface area contributed by atoms with Crippen molar-refractivity contribution < 1.29 is 28.8 Å². The van der Waals surface area contributed by atoms with Gasteiger partial charge in [0.05, 0.1) is 23.8 Å². The number of nitrogens with zero attached hydrogens (tertiary/aromatic N) is 4. The van der Waals surface area contributed by atoms with Gasteiger partial charge in [-0.05, 0) is 33.8 Å².